The Morgan fingerprint density at radius 2 is 2.08 bits per heavy atom. The van der Waals surface area contributed by atoms with Crippen LogP contribution in [-0.2, 0) is 13.1 Å². The Bertz CT molecular complexity index is 860. The van der Waals surface area contributed by atoms with E-state index in [0.717, 1.165) is 11.1 Å². The van der Waals surface area contributed by atoms with Crippen molar-refractivity contribution in [2.45, 2.75) is 13.1 Å². The van der Waals surface area contributed by atoms with Gasteiger partial charge in [0.05, 0.1) is 13.7 Å². The minimum absolute atomic E-state index is 0.0731. The van der Waals surface area contributed by atoms with E-state index in [1.165, 1.54) is 7.11 Å². The third kappa shape index (κ3) is 4.17. The van der Waals surface area contributed by atoms with Crippen LogP contribution in [0.1, 0.15) is 21.5 Å². The van der Waals surface area contributed by atoms with E-state index in [1.807, 2.05) is 30.5 Å². The van der Waals surface area contributed by atoms with Gasteiger partial charge in [-0.2, -0.15) is 5.10 Å². The maximum Gasteiger partial charge on any atom is 0.251 e. The second kappa shape index (κ2) is 7.53. The molecular formula is C19H19N3O3. The van der Waals surface area contributed by atoms with Gasteiger partial charge in [-0.05, 0) is 41.5 Å². The van der Waals surface area contributed by atoms with Crippen LogP contribution in [-0.4, -0.2) is 27.9 Å². The molecule has 25 heavy (non-hydrogen) atoms. The molecule has 0 spiro atoms. The van der Waals surface area contributed by atoms with E-state index in [-0.39, 0.29) is 11.7 Å². The van der Waals surface area contributed by atoms with Gasteiger partial charge in [0.2, 0.25) is 0 Å². The SMILES string of the molecule is COc1cc(CNC(=O)c2cccc(Cn3cccn3)c2)ccc1O. The number of rotatable bonds is 6. The number of nitrogens with one attached hydrogen (secondary N) is 1. The lowest BCUT2D eigenvalue weighted by Gasteiger charge is -2.09. The molecule has 0 radical (unpaired) electrons. The number of ether oxygens (including phenoxy) is 1. The van der Waals surface area contributed by atoms with Crippen molar-refractivity contribution in [3.63, 3.8) is 0 Å². The first kappa shape index (κ1) is 16.6. The Hall–Kier alpha value is -3.28. The number of hydrogen-bond acceptors (Lipinski definition) is 4. The lowest BCUT2D eigenvalue weighted by Crippen LogP contribution is -2.23. The lowest BCUT2D eigenvalue weighted by atomic mass is 10.1. The Kier molecular flexibility index (Phi) is 4.99. The molecule has 0 bridgehead atoms. The number of amides is 1. The number of carbonyl (C=O) groups excluding carboxylic acids is 1. The summed E-state index contributed by atoms with van der Waals surface area (Å²) < 4.78 is 6.88. The molecule has 6 heteroatoms. The first-order valence-corrected chi connectivity index (χ1v) is 7.86. The number of aromatic hydroxyl groups is 1. The second-order valence-electron chi connectivity index (χ2n) is 5.59. The number of carbonyl (C=O) groups is 1. The molecule has 0 aliphatic carbocycles. The summed E-state index contributed by atoms with van der Waals surface area (Å²) in [5.41, 5.74) is 2.44. The molecular weight excluding hydrogens is 318 g/mol. The lowest BCUT2D eigenvalue weighted by molar-refractivity contribution is 0.0950. The molecule has 0 saturated carbocycles. The minimum atomic E-state index is -0.158. The fourth-order valence-corrected chi connectivity index (χ4v) is 2.51. The van der Waals surface area contributed by atoms with Crippen molar-refractivity contribution in [3.05, 3.63) is 77.6 Å². The summed E-state index contributed by atoms with van der Waals surface area (Å²) in [5, 5.41) is 16.6. The number of nitrogens with zero attached hydrogens (tertiary/aromatic N) is 2. The number of hydrogen-bond donors (Lipinski definition) is 2. The molecule has 1 amide bonds. The largest absolute Gasteiger partial charge is 0.504 e. The van der Waals surface area contributed by atoms with Gasteiger partial charge >= 0.3 is 0 Å². The summed E-state index contributed by atoms with van der Waals surface area (Å²) in [6.45, 7) is 0.960. The quantitative estimate of drug-likeness (QED) is 0.725. The van der Waals surface area contributed by atoms with E-state index < -0.39 is 0 Å². The molecule has 0 fully saturated rings. The Morgan fingerprint density at radius 1 is 1.20 bits per heavy atom. The Morgan fingerprint density at radius 3 is 2.84 bits per heavy atom. The highest BCUT2D eigenvalue weighted by molar-refractivity contribution is 5.94. The van der Waals surface area contributed by atoms with E-state index >= 15 is 0 Å². The summed E-state index contributed by atoms with van der Waals surface area (Å²) in [4.78, 5) is 12.4. The van der Waals surface area contributed by atoms with Crippen LogP contribution in [0.3, 0.4) is 0 Å². The van der Waals surface area contributed by atoms with Crippen molar-refractivity contribution in [1.29, 1.82) is 0 Å². The third-order valence-corrected chi connectivity index (χ3v) is 3.79. The highest BCUT2D eigenvalue weighted by Gasteiger charge is 2.08. The van der Waals surface area contributed by atoms with Crippen molar-refractivity contribution in [3.8, 4) is 11.5 Å². The van der Waals surface area contributed by atoms with Gasteiger partial charge in [-0.25, -0.2) is 0 Å². The maximum absolute atomic E-state index is 12.4. The van der Waals surface area contributed by atoms with Crippen LogP contribution in [0.2, 0.25) is 0 Å². The summed E-state index contributed by atoms with van der Waals surface area (Å²) in [5.74, 6) is 0.297. The van der Waals surface area contributed by atoms with Crippen LogP contribution >= 0.6 is 0 Å². The molecule has 0 aliphatic heterocycles. The molecule has 2 aromatic carbocycles. The van der Waals surface area contributed by atoms with Gasteiger partial charge in [0.15, 0.2) is 11.5 Å². The highest BCUT2D eigenvalue weighted by Crippen LogP contribution is 2.26. The molecule has 6 nitrogen and oxygen atoms in total. The molecule has 1 aromatic heterocycles. The van der Waals surface area contributed by atoms with Gasteiger partial charge in [-0.3, -0.25) is 9.48 Å². The Balaban J connectivity index is 1.65. The van der Waals surface area contributed by atoms with E-state index in [4.69, 9.17) is 4.74 Å². The minimum Gasteiger partial charge on any atom is -0.504 e. The molecule has 3 rings (SSSR count). The number of phenols is 1. The first-order chi connectivity index (χ1) is 12.2. The van der Waals surface area contributed by atoms with Gasteiger partial charge in [-0.15, -0.1) is 0 Å². The number of methoxy groups -OCH3 is 1. The summed E-state index contributed by atoms with van der Waals surface area (Å²) >= 11 is 0. The van der Waals surface area contributed by atoms with Crippen LogP contribution < -0.4 is 10.1 Å². The Labute approximate surface area is 145 Å². The van der Waals surface area contributed by atoms with Crippen LogP contribution in [0.5, 0.6) is 11.5 Å². The van der Waals surface area contributed by atoms with Crippen molar-refractivity contribution >= 4 is 5.91 Å². The van der Waals surface area contributed by atoms with Gasteiger partial charge in [0.25, 0.3) is 5.91 Å². The van der Waals surface area contributed by atoms with Crippen LogP contribution in [0.25, 0.3) is 0 Å². The molecule has 2 N–H and O–H groups in total. The van der Waals surface area contributed by atoms with Gasteiger partial charge in [0.1, 0.15) is 0 Å². The highest BCUT2D eigenvalue weighted by atomic mass is 16.5. The maximum atomic E-state index is 12.4. The van der Waals surface area contributed by atoms with E-state index in [9.17, 15) is 9.90 Å². The zero-order chi connectivity index (χ0) is 17.6. The number of benzene rings is 2. The summed E-state index contributed by atoms with van der Waals surface area (Å²) in [6, 6.07) is 14.3. The molecule has 1 heterocycles. The van der Waals surface area contributed by atoms with E-state index in [1.54, 1.807) is 35.1 Å². The van der Waals surface area contributed by atoms with Gasteiger partial charge in [0, 0.05) is 24.5 Å². The number of aromatic nitrogens is 2. The van der Waals surface area contributed by atoms with Crippen molar-refractivity contribution in [1.82, 2.24) is 15.1 Å². The average Bonchev–Trinajstić information content (AvgIpc) is 3.14. The molecule has 128 valence electrons. The predicted octanol–water partition coefficient (Wildman–Crippen LogP) is 2.58. The van der Waals surface area contributed by atoms with Crippen LogP contribution in [0, 0.1) is 0 Å². The fourth-order valence-electron chi connectivity index (χ4n) is 2.51. The monoisotopic (exact) mass is 337 g/mol. The zero-order valence-corrected chi connectivity index (χ0v) is 13.8. The topological polar surface area (TPSA) is 76.4 Å². The predicted molar refractivity (Wildman–Crippen MR) is 93.6 cm³/mol. The van der Waals surface area contributed by atoms with Crippen LogP contribution in [0.15, 0.2) is 60.9 Å². The van der Waals surface area contributed by atoms with Crippen molar-refractivity contribution in [2.24, 2.45) is 0 Å². The summed E-state index contributed by atoms with van der Waals surface area (Å²) in [6.07, 6.45) is 3.60. The van der Waals surface area contributed by atoms with Gasteiger partial charge < -0.3 is 15.2 Å². The molecule has 0 atom stereocenters. The van der Waals surface area contributed by atoms with Crippen molar-refractivity contribution < 1.29 is 14.6 Å². The standard InChI is InChI=1S/C19H19N3O3/c1-25-18-11-14(6-7-17(18)23)12-20-19(24)16-5-2-4-15(10-16)13-22-9-3-8-21-22/h2-11,23H,12-13H2,1H3,(H,20,24). The van der Waals surface area contributed by atoms with E-state index in [0.29, 0.717) is 24.4 Å². The molecule has 0 aliphatic rings. The zero-order valence-electron chi connectivity index (χ0n) is 13.8. The fraction of sp³-hybridized carbons (Fsp3) is 0.158. The summed E-state index contributed by atoms with van der Waals surface area (Å²) in [7, 11) is 1.49. The van der Waals surface area contributed by atoms with Crippen LogP contribution in [0.4, 0.5) is 0 Å². The normalized spacial score (nSPS) is 10.4. The second-order valence-corrected chi connectivity index (χ2v) is 5.59. The van der Waals surface area contributed by atoms with E-state index in [2.05, 4.69) is 10.4 Å². The molecule has 3 aromatic rings. The molecule has 0 unspecified atom stereocenters. The van der Waals surface area contributed by atoms with Gasteiger partial charge in [-0.1, -0.05) is 18.2 Å². The average molecular weight is 337 g/mol. The third-order valence-electron chi connectivity index (χ3n) is 3.79. The van der Waals surface area contributed by atoms with Crippen molar-refractivity contribution in [2.75, 3.05) is 7.11 Å². The number of phenolic OH excluding ortho intramolecular Hbond substituents is 1. The molecule has 0 saturated heterocycles. The smallest absolute Gasteiger partial charge is 0.251 e. The first-order valence-electron chi connectivity index (χ1n) is 7.86.